The molecule has 4 nitrogen and oxygen atoms in total. The number of rotatable bonds is 5. The van der Waals surface area contributed by atoms with Crippen LogP contribution >= 0.6 is 11.6 Å². The molecule has 0 aliphatic heterocycles. The first-order chi connectivity index (χ1) is 12.3. The lowest BCUT2D eigenvalue weighted by atomic mass is 9.95. The zero-order valence-electron chi connectivity index (χ0n) is 14.7. The maximum Gasteiger partial charge on any atom is 0.205 e. The van der Waals surface area contributed by atoms with Crippen molar-refractivity contribution in [2.45, 2.75) is 32.4 Å². The van der Waals surface area contributed by atoms with E-state index in [4.69, 9.17) is 18.2 Å². The van der Waals surface area contributed by atoms with Gasteiger partial charge in [0.15, 0.2) is 5.78 Å². The Balaban J connectivity index is 1.79. The normalized spacial score (nSPS) is 13.3. The maximum absolute atomic E-state index is 12.6. The summed E-state index contributed by atoms with van der Waals surface area (Å²) in [5.74, 6) is -0.293. The van der Waals surface area contributed by atoms with Crippen LogP contribution in [-0.2, 0) is 17.8 Å². The van der Waals surface area contributed by atoms with E-state index in [1.807, 2.05) is 35.9 Å². The molecule has 0 aliphatic rings. The summed E-state index contributed by atoms with van der Waals surface area (Å²) in [6.07, 6.45) is 1.94. The number of halogens is 1. The molecule has 1 atom stereocenters. The first-order valence-corrected chi connectivity index (χ1v) is 8.65. The van der Waals surface area contributed by atoms with Crippen LogP contribution in [0.2, 0.25) is 5.02 Å². The topological polar surface area (TPSA) is 46.6 Å². The van der Waals surface area contributed by atoms with Gasteiger partial charge < -0.3 is 9.67 Å². The second-order valence-electron chi connectivity index (χ2n) is 6.78. The predicted molar refractivity (Wildman–Crippen MR) is 104 cm³/mol. The van der Waals surface area contributed by atoms with Crippen LogP contribution in [0.3, 0.4) is 0 Å². The molecule has 0 spiro atoms. The number of aromatic nitrogens is 1. The number of hydrogen-bond donors (Lipinski definition) is 1. The second-order valence-corrected chi connectivity index (χ2v) is 7.18. The number of carbonyl (C=O) groups excluding carboxylic acids is 1. The van der Waals surface area contributed by atoms with Gasteiger partial charge in [0.25, 0.3) is 0 Å². The van der Waals surface area contributed by atoms with Crippen molar-refractivity contribution < 1.29 is 9.90 Å². The molecule has 5 heteroatoms. The highest BCUT2D eigenvalue weighted by molar-refractivity contribution is 6.33. The van der Waals surface area contributed by atoms with Crippen molar-refractivity contribution in [3.63, 3.8) is 0 Å². The van der Waals surface area contributed by atoms with Crippen LogP contribution in [0.25, 0.3) is 15.7 Å². The lowest BCUT2D eigenvalue weighted by Crippen LogP contribution is -2.40. The van der Waals surface area contributed by atoms with Crippen LogP contribution in [-0.4, -0.2) is 21.1 Å². The van der Waals surface area contributed by atoms with Crippen molar-refractivity contribution in [1.29, 1.82) is 0 Å². The van der Waals surface area contributed by atoms with Gasteiger partial charge in [-0.2, -0.15) is 0 Å². The molecule has 2 aromatic carbocycles. The molecular formula is C21H19ClN2O2. The number of Topliss-reactive ketones (excluding diaryl/α,β-unsaturated/α-hetero) is 1. The minimum Gasteiger partial charge on any atom is -0.380 e. The van der Waals surface area contributed by atoms with Crippen molar-refractivity contribution in [2.75, 3.05) is 0 Å². The maximum atomic E-state index is 12.6. The molecular weight excluding hydrogens is 348 g/mol. The van der Waals surface area contributed by atoms with Crippen LogP contribution in [0.5, 0.6) is 0 Å². The van der Waals surface area contributed by atoms with E-state index in [0.717, 1.165) is 16.5 Å². The number of benzene rings is 2. The summed E-state index contributed by atoms with van der Waals surface area (Å²) in [5, 5.41) is 12.1. The molecule has 0 bridgehead atoms. The Kier molecular flexibility index (Phi) is 4.86. The van der Waals surface area contributed by atoms with Crippen molar-refractivity contribution in [3.05, 3.63) is 76.2 Å². The molecule has 0 fully saturated rings. The van der Waals surface area contributed by atoms with E-state index in [2.05, 4.69) is 10.9 Å². The summed E-state index contributed by atoms with van der Waals surface area (Å²) < 4.78 is 1.89. The summed E-state index contributed by atoms with van der Waals surface area (Å²) in [6.45, 7) is 10.7. The number of aryl methyl sites for hydroxylation is 1. The van der Waals surface area contributed by atoms with Crippen molar-refractivity contribution in [1.82, 2.24) is 4.57 Å². The molecule has 0 unspecified atom stereocenters. The Morgan fingerprint density at radius 3 is 2.73 bits per heavy atom. The van der Waals surface area contributed by atoms with Gasteiger partial charge in [-0.15, -0.1) is 0 Å². The summed E-state index contributed by atoms with van der Waals surface area (Å²) in [7, 11) is 0. The smallest absolute Gasteiger partial charge is 0.205 e. The summed E-state index contributed by atoms with van der Waals surface area (Å²) >= 11 is 6.03. The summed E-state index contributed by atoms with van der Waals surface area (Å²) in [6, 6.07) is 13.0. The fourth-order valence-electron chi connectivity index (χ4n) is 3.00. The Hall–Kier alpha value is -2.61. The molecule has 1 aromatic heterocycles. The van der Waals surface area contributed by atoms with Gasteiger partial charge in [0, 0.05) is 23.2 Å². The zero-order chi connectivity index (χ0) is 18.9. The van der Waals surface area contributed by atoms with E-state index in [9.17, 15) is 9.90 Å². The third-order valence-electron chi connectivity index (χ3n) is 4.50. The molecule has 0 saturated carbocycles. The van der Waals surface area contributed by atoms with E-state index >= 15 is 0 Å². The molecule has 0 saturated heterocycles. The second kappa shape index (κ2) is 6.95. The van der Waals surface area contributed by atoms with Crippen molar-refractivity contribution >= 4 is 34.0 Å². The van der Waals surface area contributed by atoms with E-state index in [1.54, 1.807) is 18.2 Å². The van der Waals surface area contributed by atoms with E-state index < -0.39 is 5.60 Å². The molecule has 0 aliphatic carbocycles. The fraction of sp³-hybridized carbons (Fsp3) is 0.238. The Labute approximate surface area is 157 Å². The molecule has 0 radical (unpaired) electrons. The quantitative estimate of drug-likeness (QED) is 0.664. The number of aliphatic hydroxyl groups is 1. The molecule has 0 amide bonds. The Bertz CT molecular complexity index is 1030. The van der Waals surface area contributed by atoms with Gasteiger partial charge in [-0.3, -0.25) is 4.79 Å². The summed E-state index contributed by atoms with van der Waals surface area (Å²) in [4.78, 5) is 16.0. The van der Waals surface area contributed by atoms with Crippen LogP contribution in [0.4, 0.5) is 5.69 Å². The highest BCUT2D eigenvalue weighted by atomic mass is 35.5. The van der Waals surface area contributed by atoms with Gasteiger partial charge in [-0.1, -0.05) is 41.4 Å². The van der Waals surface area contributed by atoms with Gasteiger partial charge >= 0.3 is 0 Å². The lowest BCUT2D eigenvalue weighted by molar-refractivity contribution is -0.136. The van der Waals surface area contributed by atoms with Gasteiger partial charge in [-0.25, -0.2) is 4.85 Å². The monoisotopic (exact) mass is 366 g/mol. The Morgan fingerprint density at radius 1 is 1.27 bits per heavy atom. The fourth-order valence-corrected chi connectivity index (χ4v) is 3.25. The molecule has 132 valence electrons. The first-order valence-electron chi connectivity index (χ1n) is 8.27. The van der Waals surface area contributed by atoms with E-state index in [0.29, 0.717) is 16.3 Å². The third kappa shape index (κ3) is 3.65. The van der Waals surface area contributed by atoms with Crippen LogP contribution in [0.1, 0.15) is 18.1 Å². The first kappa shape index (κ1) is 18.2. The lowest BCUT2D eigenvalue weighted by Gasteiger charge is -2.23. The predicted octanol–water partition coefficient (Wildman–Crippen LogP) is 4.72. The third-order valence-corrected chi connectivity index (χ3v) is 4.81. The SMILES string of the molecule is [C-]#[N+]c1ccc(CC(=O)[C@@](C)(O)Cn2ccc3cc(C)ccc32)cc1Cl. The number of hydrogen-bond acceptors (Lipinski definition) is 2. The number of nitrogens with zero attached hydrogens (tertiary/aromatic N) is 2. The van der Waals surface area contributed by atoms with Crippen LogP contribution < -0.4 is 0 Å². The van der Waals surface area contributed by atoms with E-state index in [1.165, 1.54) is 6.92 Å². The summed E-state index contributed by atoms with van der Waals surface area (Å²) in [5.41, 5.74) is 1.66. The standard InChI is InChI=1S/C21H19ClN2O2/c1-14-4-7-19-16(10-14)8-9-24(19)13-21(2,26)20(25)12-15-5-6-18(23-3)17(22)11-15/h4-11,26H,12-13H2,1-2H3/t21-/m0/s1. The number of fused-ring (bicyclic) bond motifs is 1. The van der Waals surface area contributed by atoms with Gasteiger partial charge in [0.2, 0.25) is 5.69 Å². The molecule has 1 heterocycles. The minimum absolute atomic E-state index is 0.0588. The van der Waals surface area contributed by atoms with E-state index in [-0.39, 0.29) is 18.7 Å². The molecule has 1 N–H and O–H groups in total. The van der Waals surface area contributed by atoms with Crippen LogP contribution in [0.15, 0.2) is 48.7 Å². The van der Waals surface area contributed by atoms with Gasteiger partial charge in [0.1, 0.15) is 5.60 Å². The number of carbonyl (C=O) groups is 1. The van der Waals surface area contributed by atoms with Crippen molar-refractivity contribution in [2.24, 2.45) is 0 Å². The van der Waals surface area contributed by atoms with Gasteiger partial charge in [-0.05, 0) is 43.0 Å². The molecule has 26 heavy (non-hydrogen) atoms. The highest BCUT2D eigenvalue weighted by Crippen LogP contribution is 2.27. The number of ketones is 1. The minimum atomic E-state index is -1.51. The van der Waals surface area contributed by atoms with Crippen molar-refractivity contribution in [3.8, 4) is 0 Å². The van der Waals surface area contributed by atoms with Crippen LogP contribution in [0, 0.1) is 13.5 Å². The zero-order valence-corrected chi connectivity index (χ0v) is 15.4. The Morgan fingerprint density at radius 2 is 2.04 bits per heavy atom. The largest absolute Gasteiger partial charge is 0.380 e. The highest BCUT2D eigenvalue weighted by Gasteiger charge is 2.30. The molecule has 3 aromatic rings. The average Bonchev–Trinajstić information content (AvgIpc) is 2.96. The molecule has 3 rings (SSSR count). The average molecular weight is 367 g/mol. The van der Waals surface area contributed by atoms with Gasteiger partial charge in [0.05, 0.1) is 13.1 Å².